The molecule has 1 aliphatic heterocycles. The number of benzene rings is 2. The van der Waals surface area contributed by atoms with Crippen molar-refractivity contribution in [3.63, 3.8) is 0 Å². The largest absolute Gasteiger partial charge is 0.497 e. The summed E-state index contributed by atoms with van der Waals surface area (Å²) in [5.74, 6) is -0.845. The van der Waals surface area contributed by atoms with Crippen LogP contribution in [-0.2, 0) is 11.2 Å². The molecule has 0 unspecified atom stereocenters. The van der Waals surface area contributed by atoms with E-state index in [1.54, 1.807) is 25.3 Å². The SMILES string of the molecule is COc1cc(OCCN2CCN(C)C[C@H]2CO)c2c(Nc3cc(CC(=O)Nc4cccc(F)c4F)[nH]n3)ncnc2c1. The highest BCUT2D eigenvalue weighted by molar-refractivity contribution is 5.96. The number of likely N-dealkylation sites (N-methyl/N-ethyl adjacent to an activating group) is 1. The first-order chi connectivity index (χ1) is 20.3. The van der Waals surface area contributed by atoms with Gasteiger partial charge in [-0.25, -0.2) is 18.7 Å². The second-order valence-corrected chi connectivity index (χ2v) is 9.95. The molecule has 42 heavy (non-hydrogen) atoms. The molecule has 222 valence electrons. The minimum absolute atomic E-state index is 0.0405. The van der Waals surface area contributed by atoms with Crippen molar-refractivity contribution in [2.24, 2.45) is 0 Å². The summed E-state index contributed by atoms with van der Waals surface area (Å²) in [5.41, 5.74) is 0.781. The molecule has 1 aliphatic rings. The number of aliphatic hydroxyl groups excluding tert-OH is 1. The Morgan fingerprint density at radius 3 is 2.88 bits per heavy atom. The van der Waals surface area contributed by atoms with Crippen LogP contribution in [0.3, 0.4) is 0 Å². The normalized spacial score (nSPS) is 16.0. The smallest absolute Gasteiger partial charge is 0.230 e. The standard InChI is InChI=1S/C28H32F2N8O4/c1-37-6-7-38(18(14-37)15-39)8-9-42-23-13-19(41-2)12-22-26(23)28(32-16-31-22)34-24-10-17(35-36-24)11-25(40)33-21-5-3-4-20(29)27(21)30/h3-5,10,12-13,16,18,39H,6-9,11,14-15H2,1-2H3,(H,33,40)(H2,31,32,34,35,36)/t18-/m0/s1. The van der Waals surface area contributed by atoms with Gasteiger partial charge in [-0.3, -0.25) is 14.8 Å². The van der Waals surface area contributed by atoms with E-state index >= 15 is 0 Å². The van der Waals surface area contributed by atoms with E-state index < -0.39 is 17.5 Å². The number of hydrogen-bond acceptors (Lipinski definition) is 10. The van der Waals surface area contributed by atoms with E-state index in [1.807, 2.05) is 7.05 Å². The number of nitrogens with zero attached hydrogens (tertiary/aromatic N) is 5. The first kappa shape index (κ1) is 29.1. The average Bonchev–Trinajstić information content (AvgIpc) is 3.42. The minimum Gasteiger partial charge on any atom is -0.497 e. The van der Waals surface area contributed by atoms with E-state index in [2.05, 4.69) is 40.6 Å². The molecule has 0 bridgehead atoms. The van der Waals surface area contributed by atoms with Crippen molar-refractivity contribution in [3.8, 4) is 11.5 Å². The summed E-state index contributed by atoms with van der Waals surface area (Å²) in [4.78, 5) is 25.6. The van der Waals surface area contributed by atoms with Crippen molar-refractivity contribution >= 4 is 34.1 Å². The van der Waals surface area contributed by atoms with Crippen LogP contribution in [0.2, 0.25) is 0 Å². The van der Waals surface area contributed by atoms with Crippen molar-refractivity contribution in [2.45, 2.75) is 12.5 Å². The lowest BCUT2D eigenvalue weighted by Crippen LogP contribution is -2.54. The molecule has 4 N–H and O–H groups in total. The first-order valence-corrected chi connectivity index (χ1v) is 13.4. The number of halogens is 2. The van der Waals surface area contributed by atoms with Gasteiger partial charge in [0.15, 0.2) is 17.5 Å². The number of aliphatic hydroxyl groups is 1. The highest BCUT2D eigenvalue weighted by atomic mass is 19.2. The zero-order valence-corrected chi connectivity index (χ0v) is 23.2. The van der Waals surface area contributed by atoms with Crippen molar-refractivity contribution in [1.82, 2.24) is 30.0 Å². The maximum absolute atomic E-state index is 13.9. The number of methoxy groups -OCH3 is 1. The third-order valence-electron chi connectivity index (χ3n) is 7.02. The van der Waals surface area contributed by atoms with E-state index in [4.69, 9.17) is 9.47 Å². The van der Waals surface area contributed by atoms with Crippen molar-refractivity contribution < 1.29 is 28.2 Å². The van der Waals surface area contributed by atoms with E-state index in [1.165, 1.54) is 18.5 Å². The molecule has 1 fully saturated rings. The van der Waals surface area contributed by atoms with E-state index in [0.29, 0.717) is 52.9 Å². The zero-order valence-electron chi connectivity index (χ0n) is 23.2. The molecule has 0 radical (unpaired) electrons. The molecule has 0 spiro atoms. The summed E-state index contributed by atoms with van der Waals surface area (Å²) in [6.07, 6.45) is 1.25. The van der Waals surface area contributed by atoms with Gasteiger partial charge in [0.2, 0.25) is 5.91 Å². The molecular weight excluding hydrogens is 550 g/mol. The van der Waals surface area contributed by atoms with E-state index in [0.717, 1.165) is 25.7 Å². The van der Waals surface area contributed by atoms with Crippen LogP contribution in [0, 0.1) is 11.6 Å². The van der Waals surface area contributed by atoms with Crippen molar-refractivity contribution in [1.29, 1.82) is 0 Å². The molecule has 12 nitrogen and oxygen atoms in total. The highest BCUT2D eigenvalue weighted by Crippen LogP contribution is 2.35. The minimum atomic E-state index is -1.13. The predicted octanol–water partition coefficient (Wildman–Crippen LogP) is 2.55. The van der Waals surface area contributed by atoms with Gasteiger partial charge in [0.05, 0.1) is 36.7 Å². The molecule has 14 heteroatoms. The van der Waals surface area contributed by atoms with Crippen LogP contribution in [0.4, 0.5) is 26.1 Å². The van der Waals surface area contributed by atoms with Gasteiger partial charge in [0.25, 0.3) is 0 Å². The molecule has 2 aromatic heterocycles. The fourth-order valence-corrected chi connectivity index (χ4v) is 4.85. The maximum atomic E-state index is 13.9. The van der Waals surface area contributed by atoms with Gasteiger partial charge in [-0.05, 0) is 19.2 Å². The number of piperazine rings is 1. The number of H-pyrrole nitrogens is 1. The second kappa shape index (κ2) is 13.1. The summed E-state index contributed by atoms with van der Waals surface area (Å²) in [6.45, 7) is 3.59. The van der Waals surface area contributed by atoms with Crippen LogP contribution >= 0.6 is 0 Å². The van der Waals surface area contributed by atoms with Crippen LogP contribution in [0.5, 0.6) is 11.5 Å². The third kappa shape index (κ3) is 6.73. The number of rotatable bonds is 11. The van der Waals surface area contributed by atoms with E-state index in [9.17, 15) is 18.7 Å². The molecule has 0 aliphatic carbocycles. The molecule has 3 heterocycles. The summed E-state index contributed by atoms with van der Waals surface area (Å²) >= 11 is 0. The Bertz CT molecular complexity index is 1550. The quantitative estimate of drug-likeness (QED) is 0.209. The maximum Gasteiger partial charge on any atom is 0.230 e. The Kier molecular flexibility index (Phi) is 9.05. The number of ether oxygens (including phenoxy) is 2. The fourth-order valence-electron chi connectivity index (χ4n) is 4.85. The van der Waals surface area contributed by atoms with Gasteiger partial charge in [0.1, 0.15) is 30.3 Å². The van der Waals surface area contributed by atoms with Gasteiger partial charge in [-0.1, -0.05) is 6.07 Å². The predicted molar refractivity (Wildman–Crippen MR) is 152 cm³/mol. The number of fused-ring (bicyclic) bond motifs is 1. The highest BCUT2D eigenvalue weighted by Gasteiger charge is 2.24. The summed E-state index contributed by atoms with van der Waals surface area (Å²) in [6, 6.07) is 8.74. The van der Waals surface area contributed by atoms with Gasteiger partial charge >= 0.3 is 0 Å². The molecule has 1 atom stereocenters. The number of hydrogen-bond donors (Lipinski definition) is 4. The Hall–Kier alpha value is -4.40. The monoisotopic (exact) mass is 582 g/mol. The van der Waals surface area contributed by atoms with E-state index in [-0.39, 0.29) is 24.8 Å². The molecule has 5 rings (SSSR count). The van der Waals surface area contributed by atoms with Crippen LogP contribution in [0.15, 0.2) is 42.7 Å². The number of aromatic amines is 1. The molecular formula is C28H32F2N8O4. The van der Waals surface area contributed by atoms with Crippen molar-refractivity contribution in [2.75, 3.05) is 64.2 Å². The Balaban J connectivity index is 1.30. The van der Waals surface area contributed by atoms with Gasteiger partial charge in [0, 0.05) is 56.1 Å². The average molecular weight is 583 g/mol. The Morgan fingerprint density at radius 2 is 2.07 bits per heavy atom. The summed E-state index contributed by atoms with van der Waals surface area (Å²) in [5, 5.41) is 22.9. The van der Waals surface area contributed by atoms with Gasteiger partial charge < -0.3 is 30.1 Å². The summed E-state index contributed by atoms with van der Waals surface area (Å²) < 4.78 is 39.0. The number of carbonyl (C=O) groups is 1. The lowest BCUT2D eigenvalue weighted by Gasteiger charge is -2.39. The second-order valence-electron chi connectivity index (χ2n) is 9.95. The number of amides is 1. The Labute approximate surface area is 240 Å². The van der Waals surface area contributed by atoms with Crippen LogP contribution in [0.1, 0.15) is 5.69 Å². The zero-order chi connectivity index (χ0) is 29.6. The van der Waals surface area contributed by atoms with Crippen LogP contribution in [-0.4, -0.2) is 101 Å². The topological polar surface area (TPSA) is 141 Å². The molecule has 1 amide bonds. The summed E-state index contributed by atoms with van der Waals surface area (Å²) in [7, 11) is 3.60. The third-order valence-corrected chi connectivity index (χ3v) is 7.02. The van der Waals surface area contributed by atoms with Crippen LogP contribution in [0.25, 0.3) is 10.9 Å². The molecule has 0 saturated carbocycles. The van der Waals surface area contributed by atoms with Gasteiger partial charge in [-0.15, -0.1) is 0 Å². The Morgan fingerprint density at radius 1 is 1.21 bits per heavy atom. The van der Waals surface area contributed by atoms with Crippen molar-refractivity contribution in [3.05, 3.63) is 60.1 Å². The lowest BCUT2D eigenvalue weighted by molar-refractivity contribution is -0.115. The molecule has 4 aromatic rings. The number of aromatic nitrogens is 4. The first-order valence-electron chi connectivity index (χ1n) is 13.4. The van der Waals surface area contributed by atoms with Gasteiger partial charge in [-0.2, -0.15) is 5.10 Å². The number of nitrogens with one attached hydrogen (secondary N) is 3. The number of anilines is 3. The molecule has 1 saturated heterocycles. The lowest BCUT2D eigenvalue weighted by atomic mass is 10.2. The molecule has 2 aromatic carbocycles. The number of carbonyl (C=O) groups excluding carboxylic acids is 1. The fraction of sp³-hybridized carbons (Fsp3) is 0.357. The van der Waals surface area contributed by atoms with Crippen LogP contribution < -0.4 is 20.1 Å².